The lowest BCUT2D eigenvalue weighted by atomic mass is 10.1. The van der Waals surface area contributed by atoms with Crippen LogP contribution in [0.2, 0.25) is 0 Å². The van der Waals surface area contributed by atoms with Crippen LogP contribution in [0.5, 0.6) is 0 Å². The number of rotatable bonds is 6. The summed E-state index contributed by atoms with van der Waals surface area (Å²) in [4.78, 5) is 8.92. The molecule has 1 atom stereocenters. The lowest BCUT2D eigenvalue weighted by Crippen LogP contribution is -2.12. The molecular weight excluding hydrogens is 149 g/mol. The first kappa shape index (κ1) is 10.3. The SMILES string of the molecule is CCCCCCC(F)[N+](=O)[O-]. The third-order valence-corrected chi connectivity index (χ3v) is 1.52. The highest BCUT2D eigenvalue weighted by Gasteiger charge is 2.15. The second kappa shape index (κ2) is 6.07. The number of nitro groups is 1. The predicted octanol–water partition coefficient (Wildman–Crippen LogP) is 2.53. The van der Waals surface area contributed by atoms with Gasteiger partial charge in [0.1, 0.15) is 0 Å². The molecule has 0 heterocycles. The quantitative estimate of drug-likeness (QED) is 0.261. The first-order valence-corrected chi connectivity index (χ1v) is 3.96. The Kier molecular flexibility index (Phi) is 5.70. The van der Waals surface area contributed by atoms with Gasteiger partial charge in [-0.05, 0) is 6.42 Å². The van der Waals surface area contributed by atoms with Gasteiger partial charge in [0.05, 0.1) is 4.92 Å². The average molecular weight is 163 g/mol. The molecule has 0 radical (unpaired) electrons. The van der Waals surface area contributed by atoms with E-state index >= 15 is 0 Å². The Balaban J connectivity index is 3.17. The van der Waals surface area contributed by atoms with E-state index in [-0.39, 0.29) is 6.42 Å². The average Bonchev–Trinajstić information content (AvgIpc) is 1.97. The van der Waals surface area contributed by atoms with Gasteiger partial charge < -0.3 is 0 Å². The van der Waals surface area contributed by atoms with Crippen LogP contribution in [0.25, 0.3) is 0 Å². The normalized spacial score (nSPS) is 12.9. The first-order chi connectivity index (χ1) is 5.18. The van der Waals surface area contributed by atoms with E-state index in [0.717, 1.165) is 19.3 Å². The minimum Gasteiger partial charge on any atom is -0.262 e. The maximum absolute atomic E-state index is 12.3. The number of alkyl halides is 1. The Bertz CT molecular complexity index is 119. The van der Waals surface area contributed by atoms with Crippen molar-refractivity contribution >= 4 is 0 Å². The zero-order valence-electron chi connectivity index (χ0n) is 6.75. The fourth-order valence-electron chi connectivity index (χ4n) is 0.845. The van der Waals surface area contributed by atoms with Crippen LogP contribution in [0.3, 0.4) is 0 Å². The van der Waals surface area contributed by atoms with Crippen LogP contribution < -0.4 is 0 Å². The molecule has 0 fully saturated rings. The summed E-state index contributed by atoms with van der Waals surface area (Å²) >= 11 is 0. The van der Waals surface area contributed by atoms with Crippen LogP contribution in [0.4, 0.5) is 4.39 Å². The van der Waals surface area contributed by atoms with Crippen molar-refractivity contribution < 1.29 is 9.31 Å². The summed E-state index contributed by atoms with van der Waals surface area (Å²) in [6, 6.07) is 0. The highest BCUT2D eigenvalue weighted by molar-refractivity contribution is 4.44. The topological polar surface area (TPSA) is 43.1 Å². The molecule has 0 rings (SSSR count). The fourth-order valence-corrected chi connectivity index (χ4v) is 0.845. The largest absolute Gasteiger partial charge is 0.349 e. The second-order valence-corrected chi connectivity index (χ2v) is 2.57. The number of halogens is 1. The molecule has 3 nitrogen and oxygen atoms in total. The van der Waals surface area contributed by atoms with E-state index in [1.54, 1.807) is 0 Å². The summed E-state index contributed by atoms with van der Waals surface area (Å²) in [6.45, 7) is 2.04. The molecule has 0 bridgehead atoms. The van der Waals surface area contributed by atoms with Crippen molar-refractivity contribution in [3.8, 4) is 0 Å². The van der Waals surface area contributed by atoms with Crippen LogP contribution in [-0.4, -0.2) is 11.2 Å². The molecule has 4 heteroatoms. The number of hydrogen-bond acceptors (Lipinski definition) is 2. The maximum Gasteiger partial charge on any atom is 0.349 e. The lowest BCUT2D eigenvalue weighted by Gasteiger charge is -1.98. The molecule has 0 amide bonds. The van der Waals surface area contributed by atoms with Gasteiger partial charge in [0, 0.05) is 6.42 Å². The van der Waals surface area contributed by atoms with Crippen molar-refractivity contribution in [2.24, 2.45) is 0 Å². The molecule has 0 aromatic rings. The zero-order valence-corrected chi connectivity index (χ0v) is 6.75. The van der Waals surface area contributed by atoms with Gasteiger partial charge in [-0.2, -0.15) is 4.39 Å². The number of hydrogen-bond donors (Lipinski definition) is 0. The second-order valence-electron chi connectivity index (χ2n) is 2.57. The van der Waals surface area contributed by atoms with Gasteiger partial charge in [-0.1, -0.05) is 26.2 Å². The monoisotopic (exact) mass is 163 g/mol. The molecule has 0 aromatic heterocycles. The third kappa shape index (κ3) is 5.76. The molecule has 0 saturated carbocycles. The summed E-state index contributed by atoms with van der Waals surface area (Å²) in [6.07, 6.45) is 1.82. The fraction of sp³-hybridized carbons (Fsp3) is 1.00. The van der Waals surface area contributed by atoms with Gasteiger partial charge in [-0.15, -0.1) is 0 Å². The summed E-state index contributed by atoms with van der Waals surface area (Å²) < 4.78 is 12.3. The molecule has 66 valence electrons. The highest BCUT2D eigenvalue weighted by atomic mass is 19.1. The predicted molar refractivity (Wildman–Crippen MR) is 40.6 cm³/mol. The molecule has 11 heavy (non-hydrogen) atoms. The van der Waals surface area contributed by atoms with Crippen LogP contribution >= 0.6 is 0 Å². The van der Waals surface area contributed by atoms with E-state index in [1.165, 1.54) is 0 Å². The minimum absolute atomic E-state index is 0.0625. The molecule has 0 aliphatic heterocycles. The summed E-state index contributed by atoms with van der Waals surface area (Å²) in [5.74, 6) is 0. The molecule has 0 N–H and O–H groups in total. The van der Waals surface area contributed by atoms with Crippen molar-refractivity contribution in [3.05, 3.63) is 10.1 Å². The van der Waals surface area contributed by atoms with E-state index in [9.17, 15) is 14.5 Å². The van der Waals surface area contributed by atoms with Gasteiger partial charge in [0.15, 0.2) is 0 Å². The molecule has 0 aromatic carbocycles. The van der Waals surface area contributed by atoms with Crippen molar-refractivity contribution in [3.63, 3.8) is 0 Å². The van der Waals surface area contributed by atoms with Crippen LogP contribution in [-0.2, 0) is 0 Å². The van der Waals surface area contributed by atoms with Gasteiger partial charge >= 0.3 is 6.30 Å². The van der Waals surface area contributed by atoms with E-state index in [0.29, 0.717) is 6.42 Å². The van der Waals surface area contributed by atoms with Gasteiger partial charge in [-0.3, -0.25) is 10.1 Å². The van der Waals surface area contributed by atoms with Crippen molar-refractivity contribution in [1.29, 1.82) is 0 Å². The Morgan fingerprint density at radius 2 is 2.09 bits per heavy atom. The number of nitrogens with zero attached hydrogens (tertiary/aromatic N) is 1. The van der Waals surface area contributed by atoms with E-state index in [4.69, 9.17) is 0 Å². The molecule has 0 spiro atoms. The van der Waals surface area contributed by atoms with Gasteiger partial charge in [-0.25, -0.2) is 0 Å². The Morgan fingerprint density at radius 1 is 1.45 bits per heavy atom. The van der Waals surface area contributed by atoms with Crippen LogP contribution in [0.15, 0.2) is 0 Å². The van der Waals surface area contributed by atoms with E-state index < -0.39 is 11.2 Å². The summed E-state index contributed by atoms with van der Waals surface area (Å²) in [5, 5.41) is 9.79. The smallest absolute Gasteiger partial charge is 0.262 e. The number of unbranched alkanes of at least 4 members (excludes halogenated alkanes) is 3. The van der Waals surface area contributed by atoms with Crippen molar-refractivity contribution in [2.75, 3.05) is 0 Å². The van der Waals surface area contributed by atoms with Gasteiger partial charge in [0.2, 0.25) is 0 Å². The zero-order chi connectivity index (χ0) is 8.69. The Morgan fingerprint density at radius 3 is 2.55 bits per heavy atom. The molecule has 1 unspecified atom stereocenters. The van der Waals surface area contributed by atoms with Crippen molar-refractivity contribution in [2.45, 2.75) is 45.3 Å². The maximum atomic E-state index is 12.3. The standard InChI is InChI=1S/C7H14FNO2/c1-2-3-4-5-6-7(8)9(10)11/h7H,2-6H2,1H3. The Hall–Kier alpha value is -0.670. The molecule has 0 saturated heterocycles. The van der Waals surface area contributed by atoms with Crippen molar-refractivity contribution in [1.82, 2.24) is 0 Å². The molecule has 0 aliphatic rings. The first-order valence-electron chi connectivity index (χ1n) is 3.96. The summed E-state index contributed by atoms with van der Waals surface area (Å²) in [5.41, 5.74) is 0. The summed E-state index contributed by atoms with van der Waals surface area (Å²) in [7, 11) is 0. The van der Waals surface area contributed by atoms with Gasteiger partial charge in [0.25, 0.3) is 0 Å². The van der Waals surface area contributed by atoms with E-state index in [2.05, 4.69) is 0 Å². The Labute approximate surface area is 65.7 Å². The van der Waals surface area contributed by atoms with Crippen LogP contribution in [0.1, 0.15) is 39.0 Å². The third-order valence-electron chi connectivity index (χ3n) is 1.52. The van der Waals surface area contributed by atoms with Crippen LogP contribution in [0, 0.1) is 10.1 Å². The minimum atomic E-state index is -1.85. The highest BCUT2D eigenvalue weighted by Crippen LogP contribution is 2.07. The lowest BCUT2D eigenvalue weighted by molar-refractivity contribution is -0.554. The molecule has 0 aliphatic carbocycles. The molecular formula is C7H14FNO2. The van der Waals surface area contributed by atoms with E-state index in [1.807, 2.05) is 6.92 Å².